The highest BCUT2D eigenvalue weighted by Gasteiger charge is 2.19. The van der Waals surface area contributed by atoms with Crippen LogP contribution in [0.15, 0.2) is 16.6 Å². The maximum absolute atomic E-state index is 5.76. The molecule has 0 spiro atoms. The molecule has 3 heteroatoms. The third-order valence-electron chi connectivity index (χ3n) is 4.17. The van der Waals surface area contributed by atoms with Crippen molar-refractivity contribution in [3.05, 3.63) is 33.3 Å². The van der Waals surface area contributed by atoms with Gasteiger partial charge in [0.15, 0.2) is 0 Å². The molecule has 1 N–H and O–H groups in total. The van der Waals surface area contributed by atoms with Crippen LogP contribution in [0.5, 0.6) is 0 Å². The average Bonchev–Trinajstić information content (AvgIpc) is 2.92. The Bertz CT molecular complexity index is 441. The summed E-state index contributed by atoms with van der Waals surface area (Å²) in [7, 11) is 0. The van der Waals surface area contributed by atoms with Crippen LogP contribution in [0.25, 0.3) is 0 Å². The van der Waals surface area contributed by atoms with Gasteiger partial charge in [0.25, 0.3) is 0 Å². The first-order chi connectivity index (χ1) is 9.61. The lowest BCUT2D eigenvalue weighted by Gasteiger charge is -2.23. The zero-order chi connectivity index (χ0) is 14.5. The van der Waals surface area contributed by atoms with E-state index in [0.717, 1.165) is 26.0 Å². The molecule has 0 aliphatic carbocycles. The van der Waals surface area contributed by atoms with Gasteiger partial charge in [0.2, 0.25) is 0 Å². The minimum atomic E-state index is 0.441. The molecule has 2 atom stereocenters. The predicted molar refractivity (Wildman–Crippen MR) is 88.2 cm³/mol. The third-order valence-corrected chi connectivity index (χ3v) is 5.03. The predicted octanol–water partition coefficient (Wildman–Crippen LogP) is 4.68. The van der Waals surface area contributed by atoms with Gasteiger partial charge in [-0.1, -0.05) is 28.9 Å². The number of benzene rings is 1. The Morgan fingerprint density at radius 3 is 2.80 bits per heavy atom. The van der Waals surface area contributed by atoms with E-state index in [2.05, 4.69) is 54.2 Å². The molecule has 0 bridgehead atoms. The molecular formula is C17H26BrNO. The fourth-order valence-corrected chi connectivity index (χ4v) is 3.48. The molecular weight excluding hydrogens is 314 g/mol. The summed E-state index contributed by atoms with van der Waals surface area (Å²) < 4.78 is 6.96. The molecule has 20 heavy (non-hydrogen) atoms. The van der Waals surface area contributed by atoms with Gasteiger partial charge in [-0.15, -0.1) is 0 Å². The molecule has 1 aromatic carbocycles. The van der Waals surface area contributed by atoms with Crippen molar-refractivity contribution in [1.82, 2.24) is 5.32 Å². The number of halogens is 1. The van der Waals surface area contributed by atoms with Gasteiger partial charge in [-0.2, -0.15) is 0 Å². The number of nitrogens with one attached hydrogen (secondary N) is 1. The van der Waals surface area contributed by atoms with E-state index in [1.807, 2.05) is 0 Å². The van der Waals surface area contributed by atoms with Crippen molar-refractivity contribution >= 4 is 15.9 Å². The van der Waals surface area contributed by atoms with Crippen LogP contribution < -0.4 is 5.32 Å². The van der Waals surface area contributed by atoms with E-state index in [0.29, 0.717) is 12.1 Å². The molecule has 1 aliphatic heterocycles. The third kappa shape index (κ3) is 4.06. The quantitative estimate of drug-likeness (QED) is 0.812. The monoisotopic (exact) mass is 339 g/mol. The van der Waals surface area contributed by atoms with Crippen LogP contribution in [0.1, 0.15) is 55.3 Å². The van der Waals surface area contributed by atoms with Crippen LogP contribution in [-0.2, 0) is 4.74 Å². The van der Waals surface area contributed by atoms with E-state index in [4.69, 9.17) is 4.74 Å². The Labute approximate surface area is 131 Å². The van der Waals surface area contributed by atoms with Crippen LogP contribution >= 0.6 is 15.9 Å². The number of hydrogen-bond donors (Lipinski definition) is 1. The molecule has 1 aliphatic rings. The molecule has 0 amide bonds. The first-order valence-corrected chi connectivity index (χ1v) is 8.52. The smallest absolute Gasteiger partial charge is 0.0576 e. The molecule has 2 rings (SSSR count). The second-order valence-electron chi connectivity index (χ2n) is 5.78. The van der Waals surface area contributed by atoms with Gasteiger partial charge >= 0.3 is 0 Å². The summed E-state index contributed by atoms with van der Waals surface area (Å²) in [6.07, 6.45) is 5.25. The number of hydrogen-bond acceptors (Lipinski definition) is 2. The summed E-state index contributed by atoms with van der Waals surface area (Å²) in [5.74, 6) is 0. The molecule has 112 valence electrons. The molecule has 0 aromatic heterocycles. The Balaban J connectivity index is 2.08. The topological polar surface area (TPSA) is 21.3 Å². The number of aryl methyl sites for hydroxylation is 2. The standard InChI is InChI=1S/C17H26BrNO/c1-4-19-17(8-7-14-6-5-9-20-14)15-10-13(3)16(18)11-12(15)2/h10-11,14,17,19H,4-9H2,1-3H3. The van der Waals surface area contributed by atoms with Gasteiger partial charge in [0.05, 0.1) is 6.10 Å². The second kappa shape index (κ2) is 7.58. The summed E-state index contributed by atoms with van der Waals surface area (Å²) in [4.78, 5) is 0. The molecule has 1 saturated heterocycles. The van der Waals surface area contributed by atoms with E-state index < -0.39 is 0 Å². The van der Waals surface area contributed by atoms with Crippen molar-refractivity contribution in [3.63, 3.8) is 0 Å². The van der Waals surface area contributed by atoms with E-state index in [1.54, 1.807) is 0 Å². The van der Waals surface area contributed by atoms with Crippen LogP contribution in [0.3, 0.4) is 0 Å². The lowest BCUT2D eigenvalue weighted by Crippen LogP contribution is -2.23. The van der Waals surface area contributed by atoms with Crippen LogP contribution in [0.2, 0.25) is 0 Å². The van der Waals surface area contributed by atoms with Gasteiger partial charge in [-0.25, -0.2) is 0 Å². The van der Waals surface area contributed by atoms with Gasteiger partial charge in [-0.05, 0) is 68.8 Å². The zero-order valence-corrected chi connectivity index (χ0v) is 14.4. The number of rotatable bonds is 6. The van der Waals surface area contributed by atoms with Crippen molar-refractivity contribution < 1.29 is 4.74 Å². The zero-order valence-electron chi connectivity index (χ0n) is 12.8. The highest BCUT2D eigenvalue weighted by molar-refractivity contribution is 9.10. The molecule has 1 heterocycles. The molecule has 1 aromatic rings. The Kier molecular flexibility index (Phi) is 6.06. The van der Waals surface area contributed by atoms with Crippen molar-refractivity contribution in [2.75, 3.05) is 13.2 Å². The first-order valence-electron chi connectivity index (χ1n) is 7.73. The van der Waals surface area contributed by atoms with Crippen molar-refractivity contribution in [2.45, 2.75) is 58.6 Å². The SMILES string of the molecule is CCNC(CCC1CCCO1)c1cc(C)c(Br)cc1C. The summed E-state index contributed by atoms with van der Waals surface area (Å²) >= 11 is 3.62. The van der Waals surface area contributed by atoms with Crippen molar-refractivity contribution in [3.8, 4) is 0 Å². The fraction of sp³-hybridized carbons (Fsp3) is 0.647. The summed E-state index contributed by atoms with van der Waals surface area (Å²) in [6, 6.07) is 5.00. The van der Waals surface area contributed by atoms with E-state index in [1.165, 1.54) is 34.0 Å². The Morgan fingerprint density at radius 1 is 1.35 bits per heavy atom. The largest absolute Gasteiger partial charge is 0.378 e. The highest BCUT2D eigenvalue weighted by Crippen LogP contribution is 2.29. The lowest BCUT2D eigenvalue weighted by atomic mass is 9.94. The van der Waals surface area contributed by atoms with Gasteiger partial charge in [0, 0.05) is 17.1 Å². The van der Waals surface area contributed by atoms with E-state index >= 15 is 0 Å². The molecule has 2 nitrogen and oxygen atoms in total. The van der Waals surface area contributed by atoms with Gasteiger partial charge in [0.1, 0.15) is 0 Å². The molecule has 1 fully saturated rings. The minimum Gasteiger partial charge on any atom is -0.378 e. The van der Waals surface area contributed by atoms with Gasteiger partial charge in [-0.3, -0.25) is 0 Å². The van der Waals surface area contributed by atoms with Crippen LogP contribution in [0.4, 0.5) is 0 Å². The maximum Gasteiger partial charge on any atom is 0.0576 e. The maximum atomic E-state index is 5.76. The summed E-state index contributed by atoms with van der Waals surface area (Å²) in [5, 5.41) is 3.64. The Morgan fingerprint density at radius 2 is 2.15 bits per heavy atom. The average molecular weight is 340 g/mol. The summed E-state index contributed by atoms with van der Waals surface area (Å²) in [5.41, 5.74) is 4.11. The number of ether oxygens (including phenoxy) is 1. The van der Waals surface area contributed by atoms with E-state index in [-0.39, 0.29) is 0 Å². The van der Waals surface area contributed by atoms with Crippen LogP contribution in [-0.4, -0.2) is 19.3 Å². The fourth-order valence-electron chi connectivity index (χ4n) is 3.02. The lowest BCUT2D eigenvalue weighted by molar-refractivity contribution is 0.0996. The molecule has 0 radical (unpaired) electrons. The first kappa shape index (κ1) is 16.0. The molecule has 2 unspecified atom stereocenters. The molecule has 0 saturated carbocycles. The van der Waals surface area contributed by atoms with E-state index in [9.17, 15) is 0 Å². The van der Waals surface area contributed by atoms with Gasteiger partial charge < -0.3 is 10.1 Å². The highest BCUT2D eigenvalue weighted by atomic mass is 79.9. The van der Waals surface area contributed by atoms with Crippen molar-refractivity contribution in [1.29, 1.82) is 0 Å². The second-order valence-corrected chi connectivity index (χ2v) is 6.63. The van der Waals surface area contributed by atoms with Crippen LogP contribution in [0, 0.1) is 13.8 Å². The van der Waals surface area contributed by atoms with Crippen molar-refractivity contribution in [2.24, 2.45) is 0 Å². The minimum absolute atomic E-state index is 0.441. The normalized spacial score (nSPS) is 20.3. The summed E-state index contributed by atoms with van der Waals surface area (Å²) in [6.45, 7) is 8.50. The Hall–Kier alpha value is -0.380.